The molecule has 2 aromatic rings. The molecule has 5 nitrogen and oxygen atoms in total. The van der Waals surface area contributed by atoms with E-state index in [1.807, 2.05) is 18.2 Å². The Labute approximate surface area is 144 Å². The maximum Gasteiger partial charge on any atom is 0.259 e. The van der Waals surface area contributed by atoms with E-state index < -0.39 is 0 Å². The Balaban J connectivity index is 1.88. The van der Waals surface area contributed by atoms with Crippen molar-refractivity contribution in [1.29, 1.82) is 0 Å². The minimum atomic E-state index is -0.301. The monoisotopic (exact) mass is 351 g/mol. The fourth-order valence-corrected chi connectivity index (χ4v) is 2.16. The molecule has 0 bridgehead atoms. The number of hydrogen-bond acceptors (Lipinski definition) is 4. The Bertz CT molecular complexity index is 720. The highest BCUT2D eigenvalue weighted by molar-refractivity contribution is 6.43. The van der Waals surface area contributed by atoms with Crippen LogP contribution in [0.3, 0.4) is 0 Å². The second-order valence-electron chi connectivity index (χ2n) is 4.49. The minimum Gasteiger partial charge on any atom is -0.495 e. The van der Waals surface area contributed by atoms with E-state index in [1.165, 1.54) is 6.21 Å². The molecule has 0 aliphatic heterocycles. The van der Waals surface area contributed by atoms with Crippen molar-refractivity contribution in [3.05, 3.63) is 58.1 Å². The van der Waals surface area contributed by atoms with Crippen molar-refractivity contribution >= 4 is 41.0 Å². The number of carbonyl (C=O) groups is 1. The first kappa shape index (κ1) is 17.1. The number of nitrogens with zero attached hydrogens (tertiary/aromatic N) is 1. The van der Waals surface area contributed by atoms with Crippen molar-refractivity contribution in [2.45, 2.75) is 0 Å². The molecule has 23 heavy (non-hydrogen) atoms. The highest BCUT2D eigenvalue weighted by Gasteiger charge is 2.04. The van der Waals surface area contributed by atoms with E-state index in [0.717, 1.165) is 5.69 Å². The van der Waals surface area contributed by atoms with Gasteiger partial charge in [0.15, 0.2) is 0 Å². The molecule has 7 heteroatoms. The van der Waals surface area contributed by atoms with Crippen molar-refractivity contribution in [2.75, 3.05) is 19.0 Å². The van der Waals surface area contributed by atoms with E-state index in [9.17, 15) is 4.79 Å². The molecule has 1 amide bonds. The Morgan fingerprint density at radius 3 is 2.78 bits per heavy atom. The van der Waals surface area contributed by atoms with Gasteiger partial charge in [-0.3, -0.25) is 4.79 Å². The van der Waals surface area contributed by atoms with Gasteiger partial charge in [-0.25, -0.2) is 5.43 Å². The topological polar surface area (TPSA) is 62.7 Å². The first-order valence-electron chi connectivity index (χ1n) is 6.74. The first-order valence-corrected chi connectivity index (χ1v) is 7.50. The summed E-state index contributed by atoms with van der Waals surface area (Å²) in [5.74, 6) is 0.361. The standard InChI is InChI=1S/C16H15Cl2N3O2/c1-23-14-8-3-2-7-13(14)19-10-15(22)21-20-9-11-5-4-6-12(17)16(11)18/h2-9,19H,10H2,1H3,(H,21,22)/b20-9-. The summed E-state index contributed by atoms with van der Waals surface area (Å²) in [5.41, 5.74) is 3.76. The lowest BCUT2D eigenvalue weighted by molar-refractivity contribution is -0.119. The summed E-state index contributed by atoms with van der Waals surface area (Å²) >= 11 is 11.9. The van der Waals surface area contributed by atoms with E-state index >= 15 is 0 Å². The molecule has 0 fully saturated rings. The van der Waals surface area contributed by atoms with Crippen LogP contribution in [0.5, 0.6) is 5.75 Å². The number of hydrazone groups is 1. The number of rotatable bonds is 6. The first-order chi connectivity index (χ1) is 11.1. The third kappa shape index (κ3) is 4.87. The average Bonchev–Trinajstić information content (AvgIpc) is 2.57. The molecule has 120 valence electrons. The Kier molecular flexibility index (Phi) is 6.26. The van der Waals surface area contributed by atoms with E-state index in [4.69, 9.17) is 27.9 Å². The number of halogens is 2. The molecule has 0 unspecified atom stereocenters. The zero-order chi connectivity index (χ0) is 16.7. The number of methoxy groups -OCH3 is 1. The lowest BCUT2D eigenvalue weighted by Gasteiger charge is -2.09. The van der Waals surface area contributed by atoms with Gasteiger partial charge in [-0.2, -0.15) is 5.10 Å². The molecule has 0 aliphatic rings. The molecular formula is C16H15Cl2N3O2. The van der Waals surface area contributed by atoms with E-state index in [-0.39, 0.29) is 12.5 Å². The van der Waals surface area contributed by atoms with E-state index in [2.05, 4.69) is 15.8 Å². The molecule has 2 N–H and O–H groups in total. The van der Waals surface area contributed by atoms with Gasteiger partial charge >= 0.3 is 0 Å². The quantitative estimate of drug-likeness (QED) is 0.617. The molecule has 0 saturated heterocycles. The smallest absolute Gasteiger partial charge is 0.259 e. The van der Waals surface area contributed by atoms with Crippen LogP contribution in [-0.4, -0.2) is 25.8 Å². The lowest BCUT2D eigenvalue weighted by Crippen LogP contribution is -2.26. The average molecular weight is 352 g/mol. The normalized spacial score (nSPS) is 10.6. The molecule has 0 aromatic heterocycles. The van der Waals surface area contributed by atoms with Gasteiger partial charge in [0.2, 0.25) is 0 Å². The molecule has 0 spiro atoms. The maximum absolute atomic E-state index is 11.8. The summed E-state index contributed by atoms with van der Waals surface area (Å²) < 4.78 is 5.19. The van der Waals surface area contributed by atoms with Crippen LogP contribution in [0.1, 0.15) is 5.56 Å². The zero-order valence-corrected chi connectivity index (χ0v) is 13.9. The summed E-state index contributed by atoms with van der Waals surface area (Å²) in [7, 11) is 1.57. The van der Waals surface area contributed by atoms with Crippen LogP contribution in [0, 0.1) is 0 Å². The number of anilines is 1. The van der Waals surface area contributed by atoms with Gasteiger partial charge in [0.25, 0.3) is 5.91 Å². The molecule has 2 aromatic carbocycles. The predicted octanol–water partition coefficient (Wildman–Crippen LogP) is 3.56. The van der Waals surface area contributed by atoms with Crippen LogP contribution in [0.2, 0.25) is 10.0 Å². The molecule has 0 saturated carbocycles. The van der Waals surface area contributed by atoms with Crippen molar-refractivity contribution in [3.63, 3.8) is 0 Å². The number of benzene rings is 2. The number of para-hydroxylation sites is 2. The van der Waals surface area contributed by atoms with E-state index in [1.54, 1.807) is 31.4 Å². The zero-order valence-electron chi connectivity index (χ0n) is 12.3. The van der Waals surface area contributed by atoms with Crippen LogP contribution in [0.25, 0.3) is 0 Å². The van der Waals surface area contributed by atoms with Crippen LogP contribution in [0.4, 0.5) is 5.69 Å². The Hall–Kier alpha value is -2.24. The molecule has 0 atom stereocenters. The fraction of sp³-hybridized carbons (Fsp3) is 0.125. The largest absolute Gasteiger partial charge is 0.495 e. The van der Waals surface area contributed by atoms with Crippen LogP contribution in [0.15, 0.2) is 47.6 Å². The fourth-order valence-electron chi connectivity index (χ4n) is 1.80. The van der Waals surface area contributed by atoms with Gasteiger partial charge in [-0.1, -0.05) is 47.5 Å². The minimum absolute atomic E-state index is 0.0565. The number of hydrogen-bond donors (Lipinski definition) is 2. The van der Waals surface area contributed by atoms with Crippen molar-refractivity contribution in [2.24, 2.45) is 5.10 Å². The number of nitrogens with one attached hydrogen (secondary N) is 2. The highest BCUT2D eigenvalue weighted by Crippen LogP contribution is 2.24. The molecule has 0 heterocycles. The number of ether oxygens (including phenoxy) is 1. The van der Waals surface area contributed by atoms with Gasteiger partial charge in [0.1, 0.15) is 5.75 Å². The van der Waals surface area contributed by atoms with Crippen molar-refractivity contribution in [1.82, 2.24) is 5.43 Å². The van der Waals surface area contributed by atoms with Crippen LogP contribution >= 0.6 is 23.2 Å². The van der Waals surface area contributed by atoms with Crippen LogP contribution < -0.4 is 15.5 Å². The Morgan fingerprint density at radius 1 is 1.22 bits per heavy atom. The second-order valence-corrected chi connectivity index (χ2v) is 5.28. The molecule has 2 rings (SSSR count). The van der Waals surface area contributed by atoms with Gasteiger partial charge in [-0.15, -0.1) is 0 Å². The van der Waals surface area contributed by atoms with Crippen LogP contribution in [-0.2, 0) is 4.79 Å². The highest BCUT2D eigenvalue weighted by atomic mass is 35.5. The van der Waals surface area contributed by atoms with Gasteiger partial charge in [0, 0.05) is 5.56 Å². The molecular weight excluding hydrogens is 337 g/mol. The van der Waals surface area contributed by atoms with E-state index in [0.29, 0.717) is 21.4 Å². The lowest BCUT2D eigenvalue weighted by atomic mass is 10.2. The SMILES string of the molecule is COc1ccccc1NCC(=O)N/N=C\c1cccc(Cl)c1Cl. The summed E-state index contributed by atoms with van der Waals surface area (Å²) in [6.07, 6.45) is 1.44. The molecule has 0 radical (unpaired) electrons. The van der Waals surface area contributed by atoms with Gasteiger partial charge in [-0.05, 0) is 18.2 Å². The number of carbonyl (C=O) groups excluding carboxylic acids is 1. The van der Waals surface area contributed by atoms with Crippen molar-refractivity contribution < 1.29 is 9.53 Å². The summed E-state index contributed by atoms with van der Waals surface area (Å²) in [6, 6.07) is 12.5. The number of amides is 1. The summed E-state index contributed by atoms with van der Waals surface area (Å²) in [6.45, 7) is 0.0565. The summed E-state index contributed by atoms with van der Waals surface area (Å²) in [5, 5.41) is 7.65. The Morgan fingerprint density at radius 2 is 2.00 bits per heavy atom. The van der Waals surface area contributed by atoms with Gasteiger partial charge < -0.3 is 10.1 Å². The third-order valence-corrected chi connectivity index (χ3v) is 3.75. The predicted molar refractivity (Wildman–Crippen MR) is 93.7 cm³/mol. The third-order valence-electron chi connectivity index (χ3n) is 2.92. The molecule has 0 aliphatic carbocycles. The van der Waals surface area contributed by atoms with Crippen molar-refractivity contribution in [3.8, 4) is 5.75 Å². The summed E-state index contributed by atoms with van der Waals surface area (Å²) in [4.78, 5) is 11.8. The van der Waals surface area contributed by atoms with Gasteiger partial charge in [0.05, 0.1) is 35.6 Å². The maximum atomic E-state index is 11.8. The second kappa shape index (κ2) is 8.41.